The number of rotatable bonds is 1. The van der Waals surface area contributed by atoms with Crippen LogP contribution in [0.4, 0.5) is 0 Å². The Morgan fingerprint density at radius 2 is 2.40 bits per heavy atom. The van der Waals surface area contributed by atoms with E-state index in [0.29, 0.717) is 5.15 Å². The topological polar surface area (TPSA) is 12.9 Å². The number of hydrogen-bond acceptors (Lipinski definition) is 1. The zero-order valence-electron chi connectivity index (χ0n) is 5.14. The Bertz CT molecular complexity index is 260. The standard InChI is InChI=1S/C7H5BrClN/c1-2-5-3-6(8)4-10-7(5)9/h2-4H,1H2. The zero-order valence-corrected chi connectivity index (χ0v) is 7.48. The Kier molecular flexibility index (Phi) is 2.46. The molecule has 3 heteroatoms. The predicted octanol–water partition coefficient (Wildman–Crippen LogP) is 3.14. The van der Waals surface area contributed by atoms with E-state index in [0.717, 1.165) is 10.0 Å². The highest BCUT2D eigenvalue weighted by molar-refractivity contribution is 9.10. The van der Waals surface area contributed by atoms with Crippen LogP contribution in [0.3, 0.4) is 0 Å². The van der Waals surface area contributed by atoms with Gasteiger partial charge in [-0.15, -0.1) is 0 Å². The molecule has 0 saturated heterocycles. The van der Waals surface area contributed by atoms with Gasteiger partial charge in [0.1, 0.15) is 5.15 Å². The fraction of sp³-hybridized carbons (Fsp3) is 0. The van der Waals surface area contributed by atoms with E-state index in [4.69, 9.17) is 11.6 Å². The third-order valence-corrected chi connectivity index (χ3v) is 1.80. The maximum absolute atomic E-state index is 5.69. The van der Waals surface area contributed by atoms with E-state index in [1.807, 2.05) is 6.07 Å². The number of aromatic nitrogens is 1. The minimum Gasteiger partial charge on any atom is -0.243 e. The van der Waals surface area contributed by atoms with Gasteiger partial charge in [0.05, 0.1) is 0 Å². The minimum absolute atomic E-state index is 0.484. The average Bonchev–Trinajstić information content (AvgIpc) is 1.94. The van der Waals surface area contributed by atoms with E-state index in [1.165, 1.54) is 0 Å². The third-order valence-electron chi connectivity index (χ3n) is 1.05. The smallest absolute Gasteiger partial charge is 0.136 e. The van der Waals surface area contributed by atoms with Crippen molar-refractivity contribution in [3.63, 3.8) is 0 Å². The molecule has 1 heterocycles. The van der Waals surface area contributed by atoms with Crippen molar-refractivity contribution < 1.29 is 0 Å². The molecule has 0 fully saturated rings. The summed E-state index contributed by atoms with van der Waals surface area (Å²) in [6.07, 6.45) is 3.31. The molecule has 0 saturated carbocycles. The van der Waals surface area contributed by atoms with Crippen LogP contribution in [0.25, 0.3) is 6.08 Å². The summed E-state index contributed by atoms with van der Waals surface area (Å²) in [5.41, 5.74) is 0.844. The Balaban J connectivity index is 3.21. The molecule has 0 aliphatic rings. The molecule has 1 aromatic heterocycles. The quantitative estimate of drug-likeness (QED) is 0.660. The van der Waals surface area contributed by atoms with Crippen LogP contribution in [0.1, 0.15) is 5.56 Å². The molecule has 0 atom stereocenters. The Hall–Kier alpha value is -0.340. The second kappa shape index (κ2) is 3.17. The highest BCUT2D eigenvalue weighted by Gasteiger charge is 1.96. The van der Waals surface area contributed by atoms with Gasteiger partial charge in [0, 0.05) is 16.2 Å². The highest BCUT2D eigenvalue weighted by atomic mass is 79.9. The molecule has 0 amide bonds. The number of halogens is 2. The number of pyridine rings is 1. The molecule has 1 rings (SSSR count). The van der Waals surface area contributed by atoms with Crippen LogP contribution in [-0.2, 0) is 0 Å². The molecule has 1 nitrogen and oxygen atoms in total. The molecule has 0 spiro atoms. The molecular weight excluding hydrogens is 213 g/mol. The van der Waals surface area contributed by atoms with Gasteiger partial charge >= 0.3 is 0 Å². The van der Waals surface area contributed by atoms with E-state index in [-0.39, 0.29) is 0 Å². The van der Waals surface area contributed by atoms with Gasteiger partial charge in [-0.05, 0) is 22.0 Å². The number of nitrogens with zero attached hydrogens (tertiary/aromatic N) is 1. The predicted molar refractivity (Wildman–Crippen MR) is 47.0 cm³/mol. The third kappa shape index (κ3) is 1.58. The number of hydrogen-bond donors (Lipinski definition) is 0. The fourth-order valence-electron chi connectivity index (χ4n) is 0.581. The first-order chi connectivity index (χ1) is 4.74. The summed E-state index contributed by atoms with van der Waals surface area (Å²) < 4.78 is 0.909. The van der Waals surface area contributed by atoms with Gasteiger partial charge in [-0.25, -0.2) is 4.98 Å². The second-order valence-corrected chi connectivity index (χ2v) is 3.01. The van der Waals surface area contributed by atoms with Gasteiger partial charge in [-0.2, -0.15) is 0 Å². The van der Waals surface area contributed by atoms with Crippen molar-refractivity contribution in [1.29, 1.82) is 0 Å². The molecule has 0 unspecified atom stereocenters. The minimum atomic E-state index is 0.484. The molecule has 0 aliphatic carbocycles. The van der Waals surface area contributed by atoms with Crippen LogP contribution < -0.4 is 0 Å². The van der Waals surface area contributed by atoms with Crippen LogP contribution in [-0.4, -0.2) is 4.98 Å². The lowest BCUT2D eigenvalue weighted by molar-refractivity contribution is 1.30. The van der Waals surface area contributed by atoms with Crippen LogP contribution in [0.5, 0.6) is 0 Å². The second-order valence-electron chi connectivity index (χ2n) is 1.74. The van der Waals surface area contributed by atoms with Crippen molar-refractivity contribution in [2.45, 2.75) is 0 Å². The maximum atomic E-state index is 5.69. The first-order valence-electron chi connectivity index (χ1n) is 2.67. The van der Waals surface area contributed by atoms with E-state index < -0.39 is 0 Å². The average molecular weight is 218 g/mol. The van der Waals surface area contributed by atoms with Crippen LogP contribution in [0.15, 0.2) is 23.3 Å². The van der Waals surface area contributed by atoms with E-state index in [9.17, 15) is 0 Å². The van der Waals surface area contributed by atoms with Crippen molar-refractivity contribution in [2.24, 2.45) is 0 Å². The van der Waals surface area contributed by atoms with Crippen molar-refractivity contribution in [1.82, 2.24) is 4.98 Å². The van der Waals surface area contributed by atoms with Gasteiger partial charge < -0.3 is 0 Å². The fourth-order valence-corrected chi connectivity index (χ4v) is 1.11. The van der Waals surface area contributed by atoms with E-state index in [1.54, 1.807) is 12.3 Å². The Labute approximate surface area is 72.9 Å². The molecule has 0 N–H and O–H groups in total. The van der Waals surface area contributed by atoms with Crippen molar-refractivity contribution >= 4 is 33.6 Å². The molecule has 1 aromatic rings. The summed E-state index contributed by atoms with van der Waals surface area (Å²) in [5, 5.41) is 0.484. The summed E-state index contributed by atoms with van der Waals surface area (Å²) in [6, 6.07) is 1.86. The summed E-state index contributed by atoms with van der Waals surface area (Å²) in [6.45, 7) is 3.59. The van der Waals surface area contributed by atoms with Gasteiger partial charge in [0.2, 0.25) is 0 Å². The van der Waals surface area contributed by atoms with Gasteiger partial charge in [-0.3, -0.25) is 0 Å². The summed E-state index contributed by atoms with van der Waals surface area (Å²) in [7, 11) is 0. The summed E-state index contributed by atoms with van der Waals surface area (Å²) >= 11 is 8.96. The first kappa shape index (κ1) is 7.76. The van der Waals surface area contributed by atoms with Crippen molar-refractivity contribution in [3.05, 3.63) is 34.0 Å². The van der Waals surface area contributed by atoms with Gasteiger partial charge in [0.25, 0.3) is 0 Å². The molecule has 0 aromatic carbocycles. The Morgan fingerprint density at radius 1 is 1.70 bits per heavy atom. The van der Waals surface area contributed by atoms with Crippen LogP contribution >= 0.6 is 27.5 Å². The molecule has 10 heavy (non-hydrogen) atoms. The molecule has 0 radical (unpaired) electrons. The lowest BCUT2D eigenvalue weighted by Gasteiger charge is -1.95. The normalized spacial score (nSPS) is 9.40. The lowest BCUT2D eigenvalue weighted by atomic mass is 10.3. The van der Waals surface area contributed by atoms with Crippen molar-refractivity contribution in [3.8, 4) is 0 Å². The zero-order chi connectivity index (χ0) is 7.56. The van der Waals surface area contributed by atoms with Crippen LogP contribution in [0, 0.1) is 0 Å². The highest BCUT2D eigenvalue weighted by Crippen LogP contribution is 2.18. The Morgan fingerprint density at radius 3 is 2.90 bits per heavy atom. The van der Waals surface area contributed by atoms with Gasteiger partial charge in [0.15, 0.2) is 0 Å². The van der Waals surface area contributed by atoms with Gasteiger partial charge in [-0.1, -0.05) is 24.3 Å². The molecule has 0 aliphatic heterocycles. The first-order valence-corrected chi connectivity index (χ1v) is 3.84. The van der Waals surface area contributed by atoms with E-state index >= 15 is 0 Å². The van der Waals surface area contributed by atoms with Crippen LogP contribution in [0.2, 0.25) is 5.15 Å². The molecular formula is C7H5BrClN. The molecule has 0 bridgehead atoms. The van der Waals surface area contributed by atoms with E-state index in [2.05, 4.69) is 27.5 Å². The largest absolute Gasteiger partial charge is 0.243 e. The van der Waals surface area contributed by atoms with Crippen molar-refractivity contribution in [2.75, 3.05) is 0 Å². The maximum Gasteiger partial charge on any atom is 0.136 e. The molecule has 52 valence electrons. The summed E-state index contributed by atoms with van der Waals surface area (Å²) in [5.74, 6) is 0. The lowest BCUT2D eigenvalue weighted by Crippen LogP contribution is -1.79. The SMILES string of the molecule is C=Cc1cc(Br)cnc1Cl. The monoisotopic (exact) mass is 217 g/mol. The summed E-state index contributed by atoms with van der Waals surface area (Å²) in [4.78, 5) is 3.90.